The van der Waals surface area contributed by atoms with Crippen LogP contribution in [0.3, 0.4) is 0 Å². The van der Waals surface area contributed by atoms with Crippen LogP contribution in [0.4, 0.5) is 26.2 Å². The molecule has 3 N–H and O–H groups in total. The summed E-state index contributed by atoms with van der Waals surface area (Å²) in [5.41, 5.74) is 2.65. The summed E-state index contributed by atoms with van der Waals surface area (Å²) in [6, 6.07) is 18.2. The Kier molecular flexibility index (Phi) is 9.23. The lowest BCUT2D eigenvalue weighted by molar-refractivity contribution is 0.0698. The number of nitrogens with one attached hydrogen (secondary N) is 2. The van der Waals surface area contributed by atoms with E-state index in [9.17, 15) is 19.1 Å². The van der Waals surface area contributed by atoms with Gasteiger partial charge in [-0.15, -0.1) is 0 Å². The van der Waals surface area contributed by atoms with Gasteiger partial charge in [-0.05, 0) is 53.9 Å². The van der Waals surface area contributed by atoms with E-state index in [4.69, 9.17) is 0 Å². The molecule has 2 amide bonds. The number of urea groups is 1. The minimum atomic E-state index is -1.09. The first-order valence-corrected chi connectivity index (χ1v) is 11.9. The Bertz CT molecular complexity index is 1170. The number of rotatable bonds is 11. The molecule has 0 spiro atoms. The summed E-state index contributed by atoms with van der Waals surface area (Å²) in [5, 5.41) is 15.2. The fraction of sp³-hybridized carbons (Fsp3) is 0.286. The number of para-hydroxylation sites is 1. The first-order chi connectivity index (χ1) is 16.9. The zero-order valence-corrected chi connectivity index (χ0v) is 20.2. The van der Waals surface area contributed by atoms with E-state index in [-0.39, 0.29) is 17.3 Å². The molecule has 0 unspecified atom stereocenters. The molecule has 3 rings (SSSR count). The lowest BCUT2D eigenvalue weighted by Gasteiger charge is -2.19. The molecule has 0 saturated carbocycles. The molecule has 0 aromatic heterocycles. The van der Waals surface area contributed by atoms with E-state index in [1.54, 1.807) is 42.3 Å². The molecule has 184 valence electrons. The zero-order valence-electron chi connectivity index (χ0n) is 20.2. The third-order valence-corrected chi connectivity index (χ3v) is 5.82. The molecule has 0 bridgehead atoms. The number of hydrogen-bond acceptors (Lipinski definition) is 3. The standard InChI is InChI=1S/C28H32FN3O3/c1-3-4-5-6-9-17-30-28(35)32(2)22-12-10-11-20(18-22)21-15-16-26(24(29)19-21)31-25-14-8-7-13-23(25)27(33)34/h7-8,10-16,18-19,31H,3-6,9,17H2,1-2H3,(H,30,35)(H,33,34). The number of carbonyl (C=O) groups is 2. The third-order valence-electron chi connectivity index (χ3n) is 5.82. The smallest absolute Gasteiger partial charge is 0.337 e. The monoisotopic (exact) mass is 477 g/mol. The number of hydrogen-bond donors (Lipinski definition) is 3. The van der Waals surface area contributed by atoms with Crippen molar-refractivity contribution in [1.29, 1.82) is 0 Å². The van der Waals surface area contributed by atoms with Gasteiger partial charge in [0.2, 0.25) is 0 Å². The fourth-order valence-electron chi connectivity index (χ4n) is 3.77. The van der Waals surface area contributed by atoms with Gasteiger partial charge in [0.05, 0.1) is 16.9 Å². The van der Waals surface area contributed by atoms with Gasteiger partial charge >= 0.3 is 12.0 Å². The maximum absolute atomic E-state index is 14.9. The van der Waals surface area contributed by atoms with Crippen molar-refractivity contribution in [2.45, 2.75) is 39.0 Å². The summed E-state index contributed by atoms with van der Waals surface area (Å²) in [6.07, 6.45) is 5.64. The van der Waals surface area contributed by atoms with Gasteiger partial charge in [0.25, 0.3) is 0 Å². The van der Waals surface area contributed by atoms with Crippen LogP contribution in [-0.4, -0.2) is 30.7 Å². The van der Waals surface area contributed by atoms with Crippen LogP contribution in [0.25, 0.3) is 11.1 Å². The normalized spacial score (nSPS) is 10.6. The molecule has 0 heterocycles. The maximum Gasteiger partial charge on any atom is 0.337 e. The van der Waals surface area contributed by atoms with Crippen molar-refractivity contribution >= 4 is 29.1 Å². The van der Waals surface area contributed by atoms with Gasteiger partial charge in [-0.25, -0.2) is 14.0 Å². The summed E-state index contributed by atoms with van der Waals surface area (Å²) in [7, 11) is 1.71. The van der Waals surface area contributed by atoms with Gasteiger partial charge in [0.1, 0.15) is 5.82 Å². The van der Waals surface area contributed by atoms with Crippen LogP contribution in [0.2, 0.25) is 0 Å². The van der Waals surface area contributed by atoms with Crippen molar-refractivity contribution in [3.8, 4) is 11.1 Å². The third kappa shape index (κ3) is 7.06. The molecule has 0 aliphatic heterocycles. The highest BCUT2D eigenvalue weighted by Gasteiger charge is 2.14. The number of benzene rings is 3. The first-order valence-electron chi connectivity index (χ1n) is 11.9. The molecular formula is C28H32FN3O3. The topological polar surface area (TPSA) is 81.7 Å². The van der Waals surface area contributed by atoms with E-state index < -0.39 is 11.8 Å². The quantitative estimate of drug-likeness (QED) is 0.258. The van der Waals surface area contributed by atoms with Crippen LogP contribution in [0.15, 0.2) is 66.7 Å². The Hall–Kier alpha value is -3.87. The van der Waals surface area contributed by atoms with Crippen LogP contribution in [0.5, 0.6) is 0 Å². The number of amides is 2. The lowest BCUT2D eigenvalue weighted by atomic mass is 10.0. The number of nitrogens with zero attached hydrogens (tertiary/aromatic N) is 1. The highest BCUT2D eigenvalue weighted by atomic mass is 19.1. The summed E-state index contributed by atoms with van der Waals surface area (Å²) in [4.78, 5) is 25.5. The van der Waals surface area contributed by atoms with Crippen molar-refractivity contribution in [3.63, 3.8) is 0 Å². The summed E-state index contributed by atoms with van der Waals surface area (Å²) >= 11 is 0. The molecule has 0 fully saturated rings. The minimum absolute atomic E-state index is 0.0611. The molecular weight excluding hydrogens is 445 g/mol. The molecule has 0 atom stereocenters. The number of anilines is 3. The number of carboxylic acid groups (broad SMARTS) is 1. The second-order valence-electron chi connectivity index (χ2n) is 8.43. The number of halogens is 1. The van der Waals surface area contributed by atoms with E-state index in [2.05, 4.69) is 17.6 Å². The minimum Gasteiger partial charge on any atom is -0.478 e. The van der Waals surface area contributed by atoms with Crippen molar-refractivity contribution in [2.75, 3.05) is 23.8 Å². The number of aromatic carboxylic acids is 1. The lowest BCUT2D eigenvalue weighted by Crippen LogP contribution is -2.37. The summed E-state index contributed by atoms with van der Waals surface area (Å²) < 4.78 is 14.9. The number of unbranched alkanes of at least 4 members (excludes halogenated alkanes) is 4. The van der Waals surface area contributed by atoms with Crippen molar-refractivity contribution in [3.05, 3.63) is 78.1 Å². The molecule has 3 aromatic rings. The Morgan fingerprint density at radius 2 is 1.63 bits per heavy atom. The van der Waals surface area contributed by atoms with E-state index >= 15 is 0 Å². The second-order valence-corrected chi connectivity index (χ2v) is 8.43. The van der Waals surface area contributed by atoms with E-state index in [0.717, 1.165) is 18.4 Å². The van der Waals surface area contributed by atoms with Crippen molar-refractivity contribution in [1.82, 2.24) is 5.32 Å². The molecule has 3 aromatic carbocycles. The van der Waals surface area contributed by atoms with Crippen LogP contribution >= 0.6 is 0 Å². The highest BCUT2D eigenvalue weighted by molar-refractivity contribution is 5.95. The van der Waals surface area contributed by atoms with Gasteiger partial charge in [0, 0.05) is 19.3 Å². The first kappa shape index (κ1) is 25.7. The Labute approximate surface area is 205 Å². The van der Waals surface area contributed by atoms with Crippen LogP contribution in [0, 0.1) is 5.82 Å². The summed E-state index contributed by atoms with van der Waals surface area (Å²) in [6.45, 7) is 2.81. The van der Waals surface area contributed by atoms with Crippen LogP contribution in [-0.2, 0) is 0 Å². The fourth-order valence-corrected chi connectivity index (χ4v) is 3.77. The average molecular weight is 478 g/mol. The van der Waals surface area contributed by atoms with E-state index in [1.807, 2.05) is 24.3 Å². The maximum atomic E-state index is 14.9. The zero-order chi connectivity index (χ0) is 25.2. The summed E-state index contributed by atoms with van der Waals surface area (Å²) in [5.74, 6) is -1.60. The Morgan fingerprint density at radius 3 is 2.37 bits per heavy atom. The largest absolute Gasteiger partial charge is 0.478 e. The van der Waals surface area contributed by atoms with Crippen molar-refractivity contribution < 1.29 is 19.1 Å². The number of carbonyl (C=O) groups excluding carboxylic acids is 1. The molecule has 0 radical (unpaired) electrons. The second kappa shape index (κ2) is 12.6. The SMILES string of the molecule is CCCCCCCNC(=O)N(C)c1cccc(-c2ccc(Nc3ccccc3C(=O)O)c(F)c2)c1. The van der Waals surface area contributed by atoms with Gasteiger partial charge in [0.15, 0.2) is 0 Å². The molecule has 6 nitrogen and oxygen atoms in total. The highest BCUT2D eigenvalue weighted by Crippen LogP contribution is 2.29. The molecule has 7 heteroatoms. The van der Waals surface area contributed by atoms with Gasteiger partial charge in [-0.1, -0.05) is 62.9 Å². The van der Waals surface area contributed by atoms with Gasteiger partial charge in [-0.3, -0.25) is 4.90 Å². The molecule has 0 aliphatic carbocycles. The van der Waals surface area contributed by atoms with Crippen LogP contribution < -0.4 is 15.5 Å². The predicted octanol–water partition coefficient (Wildman–Crippen LogP) is 7.05. The molecule has 0 aliphatic rings. The molecule has 0 saturated heterocycles. The predicted molar refractivity (Wildman–Crippen MR) is 139 cm³/mol. The van der Waals surface area contributed by atoms with Gasteiger partial charge < -0.3 is 15.7 Å². The molecule has 35 heavy (non-hydrogen) atoms. The average Bonchev–Trinajstić information content (AvgIpc) is 2.87. The van der Waals surface area contributed by atoms with Gasteiger partial charge in [-0.2, -0.15) is 0 Å². The Morgan fingerprint density at radius 1 is 0.886 bits per heavy atom. The number of carboxylic acids is 1. The van der Waals surface area contributed by atoms with Crippen molar-refractivity contribution in [2.24, 2.45) is 0 Å². The van der Waals surface area contributed by atoms with E-state index in [1.165, 1.54) is 31.4 Å². The van der Waals surface area contributed by atoms with E-state index in [0.29, 0.717) is 23.5 Å². The van der Waals surface area contributed by atoms with Crippen LogP contribution in [0.1, 0.15) is 49.4 Å². The Balaban J connectivity index is 1.68.